The van der Waals surface area contributed by atoms with Crippen molar-refractivity contribution in [1.82, 2.24) is 0 Å². The second kappa shape index (κ2) is 5.72. The maximum atomic E-state index is 10.1. The zero-order valence-electron chi connectivity index (χ0n) is 7.23. The van der Waals surface area contributed by atoms with Crippen molar-refractivity contribution < 1.29 is 14.6 Å². The monoisotopic (exact) mass is 200 g/mol. The van der Waals surface area contributed by atoms with Gasteiger partial charge in [0.2, 0.25) is 0 Å². The van der Waals surface area contributed by atoms with Crippen LogP contribution in [0.1, 0.15) is 18.4 Å². The van der Waals surface area contributed by atoms with Crippen molar-refractivity contribution in [2.24, 2.45) is 0 Å². The predicted octanol–water partition coefficient (Wildman–Crippen LogP) is 2.13. The summed E-state index contributed by atoms with van der Waals surface area (Å²) in [6.45, 7) is 1.10. The van der Waals surface area contributed by atoms with Gasteiger partial charge in [0.1, 0.15) is 0 Å². The number of rotatable bonds is 6. The van der Waals surface area contributed by atoms with E-state index in [4.69, 9.17) is 9.84 Å². The minimum atomic E-state index is -0.765. The highest BCUT2D eigenvalue weighted by Crippen LogP contribution is 2.07. The summed E-state index contributed by atoms with van der Waals surface area (Å²) in [4.78, 5) is 10.1. The van der Waals surface area contributed by atoms with Gasteiger partial charge >= 0.3 is 5.97 Å². The average Bonchev–Trinajstić information content (AvgIpc) is 2.55. The zero-order valence-corrected chi connectivity index (χ0v) is 8.05. The lowest BCUT2D eigenvalue weighted by atomic mass is 10.3. The fourth-order valence-electron chi connectivity index (χ4n) is 0.890. The number of thiophene rings is 1. The largest absolute Gasteiger partial charge is 0.481 e. The topological polar surface area (TPSA) is 46.5 Å². The molecule has 3 nitrogen and oxygen atoms in total. The summed E-state index contributed by atoms with van der Waals surface area (Å²) in [5, 5.41) is 12.4. The summed E-state index contributed by atoms with van der Waals surface area (Å²) < 4.78 is 5.27. The van der Waals surface area contributed by atoms with E-state index in [0.717, 1.165) is 5.56 Å². The molecule has 0 aliphatic carbocycles. The maximum absolute atomic E-state index is 10.1. The smallest absolute Gasteiger partial charge is 0.303 e. The molecule has 0 unspecified atom stereocenters. The second-order valence-corrected chi connectivity index (χ2v) is 3.46. The first-order valence-electron chi connectivity index (χ1n) is 4.09. The van der Waals surface area contributed by atoms with E-state index in [1.54, 1.807) is 11.3 Å². The van der Waals surface area contributed by atoms with E-state index >= 15 is 0 Å². The Hall–Kier alpha value is -0.870. The third kappa shape index (κ3) is 4.65. The van der Waals surface area contributed by atoms with Crippen molar-refractivity contribution in [3.8, 4) is 0 Å². The molecule has 13 heavy (non-hydrogen) atoms. The molecule has 0 spiro atoms. The maximum Gasteiger partial charge on any atom is 0.303 e. The fraction of sp³-hybridized carbons (Fsp3) is 0.444. The van der Waals surface area contributed by atoms with Gasteiger partial charge in [-0.1, -0.05) is 0 Å². The third-order valence-corrected chi connectivity index (χ3v) is 2.26. The molecule has 4 heteroatoms. The Kier molecular flexibility index (Phi) is 4.49. The van der Waals surface area contributed by atoms with Crippen LogP contribution in [0.2, 0.25) is 0 Å². The van der Waals surface area contributed by atoms with Gasteiger partial charge in [-0.3, -0.25) is 4.79 Å². The van der Waals surface area contributed by atoms with E-state index in [0.29, 0.717) is 19.6 Å². The lowest BCUT2D eigenvalue weighted by Gasteiger charge is -2.00. The summed E-state index contributed by atoms with van der Waals surface area (Å²) in [5.74, 6) is -0.765. The summed E-state index contributed by atoms with van der Waals surface area (Å²) in [7, 11) is 0. The lowest BCUT2D eigenvalue weighted by Crippen LogP contribution is -1.99. The Morgan fingerprint density at radius 1 is 1.62 bits per heavy atom. The highest BCUT2D eigenvalue weighted by Gasteiger charge is 1.97. The van der Waals surface area contributed by atoms with Gasteiger partial charge in [-0.05, 0) is 28.8 Å². The van der Waals surface area contributed by atoms with Crippen molar-refractivity contribution >= 4 is 17.3 Å². The van der Waals surface area contributed by atoms with Crippen molar-refractivity contribution in [3.63, 3.8) is 0 Å². The number of carboxylic acid groups (broad SMARTS) is 1. The van der Waals surface area contributed by atoms with E-state index in [2.05, 4.69) is 0 Å². The lowest BCUT2D eigenvalue weighted by molar-refractivity contribution is -0.137. The molecule has 0 fully saturated rings. The molecule has 0 aliphatic heterocycles. The van der Waals surface area contributed by atoms with Gasteiger partial charge in [0.15, 0.2) is 0 Å². The molecular weight excluding hydrogens is 188 g/mol. The number of carboxylic acids is 1. The Bertz CT molecular complexity index is 243. The van der Waals surface area contributed by atoms with Crippen LogP contribution in [0.25, 0.3) is 0 Å². The number of hydrogen-bond donors (Lipinski definition) is 1. The summed E-state index contributed by atoms with van der Waals surface area (Å²) in [5.41, 5.74) is 1.15. The molecule has 1 heterocycles. The standard InChI is InChI=1S/C9H12O3S/c10-9(11)2-1-4-12-6-8-3-5-13-7-8/h3,5,7H,1-2,4,6H2,(H,10,11). The average molecular weight is 200 g/mol. The quantitative estimate of drug-likeness (QED) is 0.715. The molecule has 0 aliphatic rings. The number of hydrogen-bond acceptors (Lipinski definition) is 3. The molecule has 0 aromatic carbocycles. The summed E-state index contributed by atoms with van der Waals surface area (Å²) in [6.07, 6.45) is 0.767. The minimum Gasteiger partial charge on any atom is -0.481 e. The first kappa shape index (κ1) is 10.2. The Balaban J connectivity index is 1.99. The van der Waals surface area contributed by atoms with Crippen molar-refractivity contribution in [1.29, 1.82) is 0 Å². The van der Waals surface area contributed by atoms with Crippen LogP contribution >= 0.6 is 11.3 Å². The molecule has 0 saturated heterocycles. The van der Waals surface area contributed by atoms with Gasteiger partial charge in [-0.15, -0.1) is 0 Å². The van der Waals surface area contributed by atoms with Crippen LogP contribution in [0.15, 0.2) is 16.8 Å². The van der Waals surface area contributed by atoms with Crippen LogP contribution in [-0.4, -0.2) is 17.7 Å². The van der Waals surface area contributed by atoms with Crippen molar-refractivity contribution in [2.45, 2.75) is 19.4 Å². The molecule has 0 radical (unpaired) electrons. The van der Waals surface area contributed by atoms with E-state index in [1.807, 2.05) is 16.8 Å². The highest BCUT2D eigenvalue weighted by molar-refractivity contribution is 7.07. The van der Waals surface area contributed by atoms with Crippen LogP contribution in [0.5, 0.6) is 0 Å². The first-order chi connectivity index (χ1) is 6.29. The Labute approximate surface area is 81.0 Å². The molecule has 1 aromatic rings. The summed E-state index contributed by atoms with van der Waals surface area (Å²) >= 11 is 1.63. The van der Waals surface area contributed by atoms with Gasteiger partial charge in [-0.25, -0.2) is 0 Å². The molecule has 0 atom stereocenters. The van der Waals surface area contributed by atoms with E-state index < -0.39 is 5.97 Å². The van der Waals surface area contributed by atoms with Gasteiger partial charge in [-0.2, -0.15) is 11.3 Å². The first-order valence-corrected chi connectivity index (χ1v) is 5.04. The van der Waals surface area contributed by atoms with Crippen LogP contribution in [0, 0.1) is 0 Å². The normalized spacial score (nSPS) is 10.2. The van der Waals surface area contributed by atoms with Crippen molar-refractivity contribution in [3.05, 3.63) is 22.4 Å². The van der Waals surface area contributed by atoms with Gasteiger partial charge in [0.05, 0.1) is 6.61 Å². The molecule has 0 amide bonds. The molecule has 0 saturated carbocycles. The summed E-state index contributed by atoms with van der Waals surface area (Å²) in [6, 6.07) is 2.00. The zero-order chi connectivity index (χ0) is 9.52. The molecule has 0 bridgehead atoms. The van der Waals surface area contributed by atoms with Gasteiger partial charge in [0.25, 0.3) is 0 Å². The van der Waals surface area contributed by atoms with Crippen LogP contribution in [-0.2, 0) is 16.1 Å². The van der Waals surface area contributed by atoms with Gasteiger partial charge < -0.3 is 9.84 Å². The minimum absolute atomic E-state index is 0.184. The second-order valence-electron chi connectivity index (χ2n) is 2.68. The molecule has 1 aromatic heterocycles. The predicted molar refractivity (Wildman–Crippen MR) is 50.8 cm³/mol. The SMILES string of the molecule is O=C(O)CCCOCc1ccsc1. The van der Waals surface area contributed by atoms with Gasteiger partial charge in [0, 0.05) is 13.0 Å². The molecular formula is C9H12O3S. The van der Waals surface area contributed by atoms with Crippen molar-refractivity contribution in [2.75, 3.05) is 6.61 Å². The van der Waals surface area contributed by atoms with E-state index in [9.17, 15) is 4.79 Å². The van der Waals surface area contributed by atoms with Crippen LogP contribution in [0.4, 0.5) is 0 Å². The Morgan fingerprint density at radius 2 is 2.46 bits per heavy atom. The van der Waals surface area contributed by atoms with E-state index in [1.165, 1.54) is 0 Å². The Morgan fingerprint density at radius 3 is 3.08 bits per heavy atom. The third-order valence-electron chi connectivity index (χ3n) is 1.53. The van der Waals surface area contributed by atoms with Crippen LogP contribution in [0.3, 0.4) is 0 Å². The number of aliphatic carboxylic acids is 1. The molecule has 1 rings (SSSR count). The molecule has 72 valence electrons. The molecule has 1 N–H and O–H groups in total. The number of ether oxygens (including phenoxy) is 1. The fourth-order valence-corrected chi connectivity index (χ4v) is 1.54. The highest BCUT2D eigenvalue weighted by atomic mass is 32.1. The number of carbonyl (C=O) groups is 1. The van der Waals surface area contributed by atoms with E-state index in [-0.39, 0.29) is 6.42 Å². The van der Waals surface area contributed by atoms with Crippen LogP contribution < -0.4 is 0 Å².